The van der Waals surface area contributed by atoms with E-state index in [1.807, 2.05) is 54.3 Å². The van der Waals surface area contributed by atoms with Crippen LogP contribution in [0.3, 0.4) is 0 Å². The first kappa shape index (κ1) is 25.2. The first-order valence-electron chi connectivity index (χ1n) is 12.6. The summed E-state index contributed by atoms with van der Waals surface area (Å²) in [5, 5.41) is 2.21. The molecule has 1 amide bonds. The van der Waals surface area contributed by atoms with Crippen LogP contribution in [0.4, 0.5) is 5.69 Å². The highest BCUT2D eigenvalue weighted by Gasteiger charge is 2.33. The Kier molecular flexibility index (Phi) is 8.42. The van der Waals surface area contributed by atoms with Crippen LogP contribution in [0.15, 0.2) is 60.7 Å². The maximum atomic E-state index is 13.9. The van der Waals surface area contributed by atoms with Gasteiger partial charge in [0.15, 0.2) is 0 Å². The van der Waals surface area contributed by atoms with E-state index in [0.717, 1.165) is 59.2 Å². The Morgan fingerprint density at radius 3 is 2.31 bits per heavy atom. The third kappa shape index (κ3) is 5.85. The summed E-state index contributed by atoms with van der Waals surface area (Å²) in [5.41, 5.74) is 1.87. The number of carbonyl (C=O) groups excluding carboxylic acids is 1. The van der Waals surface area contributed by atoms with Crippen molar-refractivity contribution in [2.45, 2.75) is 45.6 Å². The molecule has 186 valence electrons. The lowest BCUT2D eigenvalue weighted by Gasteiger charge is -2.36. The topological polar surface area (TPSA) is 48.0 Å². The molecule has 1 aliphatic carbocycles. The minimum Gasteiger partial charge on any atom is -0.457 e. The predicted octanol–water partition coefficient (Wildman–Crippen LogP) is 6.76. The van der Waals surface area contributed by atoms with E-state index in [9.17, 15) is 4.79 Å². The van der Waals surface area contributed by atoms with Gasteiger partial charge in [0.1, 0.15) is 11.5 Å². The van der Waals surface area contributed by atoms with E-state index in [2.05, 4.69) is 25.1 Å². The molecule has 5 nitrogen and oxygen atoms in total. The lowest BCUT2D eigenvalue weighted by molar-refractivity contribution is -0.124. The summed E-state index contributed by atoms with van der Waals surface area (Å²) in [6.45, 7) is 5.13. The Morgan fingerprint density at radius 1 is 0.943 bits per heavy atom. The Bertz CT molecular complexity index is 1120. The van der Waals surface area contributed by atoms with Gasteiger partial charge in [0, 0.05) is 31.2 Å². The van der Waals surface area contributed by atoms with Gasteiger partial charge in [0.25, 0.3) is 0 Å². The SMILES string of the molecule is COCC(COC)N(c1ccc(Oc2cccc3ccccc23)cc1C)C(=O)[C@H]1CC[C@H](C)CC1. The van der Waals surface area contributed by atoms with Crippen molar-refractivity contribution >= 4 is 22.4 Å². The van der Waals surface area contributed by atoms with Crippen molar-refractivity contribution in [3.8, 4) is 11.5 Å². The molecule has 1 saturated carbocycles. The number of fused-ring (bicyclic) bond motifs is 1. The molecule has 1 aliphatic rings. The highest BCUT2D eigenvalue weighted by atomic mass is 16.5. The van der Waals surface area contributed by atoms with E-state index in [1.54, 1.807) is 14.2 Å². The molecule has 0 unspecified atom stereocenters. The van der Waals surface area contributed by atoms with Gasteiger partial charge in [0.05, 0.1) is 19.3 Å². The lowest BCUT2D eigenvalue weighted by atomic mass is 9.82. The number of rotatable bonds is 9. The molecule has 1 fully saturated rings. The molecule has 4 rings (SSSR count). The molecule has 0 atom stereocenters. The van der Waals surface area contributed by atoms with Crippen molar-refractivity contribution < 1.29 is 19.0 Å². The summed E-state index contributed by atoms with van der Waals surface area (Å²) < 4.78 is 17.3. The van der Waals surface area contributed by atoms with E-state index < -0.39 is 0 Å². The summed E-state index contributed by atoms with van der Waals surface area (Å²) in [5.74, 6) is 2.46. The van der Waals surface area contributed by atoms with E-state index >= 15 is 0 Å². The van der Waals surface area contributed by atoms with Gasteiger partial charge in [0.2, 0.25) is 5.91 Å². The number of amides is 1. The van der Waals surface area contributed by atoms with Crippen LogP contribution in [0, 0.1) is 18.8 Å². The fourth-order valence-electron chi connectivity index (χ4n) is 5.15. The van der Waals surface area contributed by atoms with E-state index in [-0.39, 0.29) is 17.9 Å². The normalized spacial score (nSPS) is 18.1. The molecule has 0 aliphatic heterocycles. The predicted molar refractivity (Wildman–Crippen MR) is 141 cm³/mol. The highest BCUT2D eigenvalue weighted by Crippen LogP contribution is 2.36. The summed E-state index contributed by atoms with van der Waals surface area (Å²) in [4.78, 5) is 15.8. The van der Waals surface area contributed by atoms with Gasteiger partial charge in [-0.2, -0.15) is 0 Å². The summed E-state index contributed by atoms with van der Waals surface area (Å²) >= 11 is 0. The van der Waals surface area contributed by atoms with Crippen LogP contribution in [-0.4, -0.2) is 39.4 Å². The zero-order valence-corrected chi connectivity index (χ0v) is 21.3. The second-order valence-electron chi connectivity index (χ2n) is 9.76. The Labute approximate surface area is 209 Å². The van der Waals surface area contributed by atoms with Crippen LogP contribution >= 0.6 is 0 Å². The van der Waals surface area contributed by atoms with E-state index in [4.69, 9.17) is 14.2 Å². The molecule has 3 aromatic carbocycles. The Balaban J connectivity index is 1.64. The van der Waals surface area contributed by atoms with Crippen LogP contribution in [0.5, 0.6) is 11.5 Å². The van der Waals surface area contributed by atoms with Gasteiger partial charge in [-0.25, -0.2) is 0 Å². The first-order chi connectivity index (χ1) is 17.0. The van der Waals surface area contributed by atoms with Gasteiger partial charge in [-0.3, -0.25) is 4.79 Å². The zero-order chi connectivity index (χ0) is 24.8. The summed E-state index contributed by atoms with van der Waals surface area (Å²) in [6, 6.07) is 20.0. The molecule has 0 saturated heterocycles. The average Bonchev–Trinajstić information content (AvgIpc) is 2.86. The molecule has 0 aromatic heterocycles. The number of ether oxygens (including phenoxy) is 3. The van der Waals surface area contributed by atoms with Crippen LogP contribution in [-0.2, 0) is 14.3 Å². The molecule has 3 aromatic rings. The lowest BCUT2D eigenvalue weighted by Crippen LogP contribution is -2.49. The van der Waals surface area contributed by atoms with E-state index in [1.165, 1.54) is 0 Å². The second-order valence-corrected chi connectivity index (χ2v) is 9.76. The van der Waals surface area contributed by atoms with Crippen molar-refractivity contribution in [3.05, 3.63) is 66.2 Å². The second kappa shape index (κ2) is 11.7. The van der Waals surface area contributed by atoms with Crippen LogP contribution in [0.2, 0.25) is 0 Å². The monoisotopic (exact) mass is 475 g/mol. The third-order valence-electron chi connectivity index (χ3n) is 7.09. The number of hydrogen-bond donors (Lipinski definition) is 0. The van der Waals surface area contributed by atoms with Crippen molar-refractivity contribution in [2.75, 3.05) is 32.3 Å². The maximum absolute atomic E-state index is 13.9. The maximum Gasteiger partial charge on any atom is 0.230 e. The van der Waals surface area contributed by atoms with Gasteiger partial charge >= 0.3 is 0 Å². The number of carbonyl (C=O) groups is 1. The van der Waals surface area contributed by atoms with Crippen molar-refractivity contribution in [1.82, 2.24) is 0 Å². The number of nitrogens with zero attached hydrogens (tertiary/aromatic N) is 1. The van der Waals surface area contributed by atoms with Crippen LogP contribution in [0.1, 0.15) is 38.2 Å². The number of hydrogen-bond acceptors (Lipinski definition) is 4. The summed E-state index contributed by atoms with van der Waals surface area (Å²) in [6.07, 6.45) is 4.07. The third-order valence-corrected chi connectivity index (χ3v) is 7.09. The minimum absolute atomic E-state index is 0.0356. The quantitative estimate of drug-likeness (QED) is 0.343. The van der Waals surface area contributed by atoms with Crippen molar-refractivity contribution in [3.63, 3.8) is 0 Å². The number of benzene rings is 3. The molecular formula is C30H37NO4. The van der Waals surface area contributed by atoms with Gasteiger partial charge in [-0.05, 0) is 73.7 Å². The van der Waals surface area contributed by atoms with Gasteiger partial charge < -0.3 is 19.1 Å². The molecule has 5 heteroatoms. The Morgan fingerprint density at radius 2 is 1.63 bits per heavy atom. The Hall–Kier alpha value is -2.89. The van der Waals surface area contributed by atoms with Gasteiger partial charge in [-0.15, -0.1) is 0 Å². The van der Waals surface area contributed by atoms with Crippen molar-refractivity contribution in [2.24, 2.45) is 11.8 Å². The van der Waals surface area contributed by atoms with E-state index in [0.29, 0.717) is 19.1 Å². The molecule has 0 radical (unpaired) electrons. The molecule has 0 N–H and O–H groups in total. The standard InChI is InChI=1S/C30H37NO4/c1-21-12-14-24(15-13-21)30(32)31(25(19-33-3)20-34-4)28-17-16-26(18-22(28)2)35-29-11-7-9-23-8-5-6-10-27(23)29/h5-11,16-18,21,24-25H,12-15,19-20H2,1-4H3/t21-,24-. The smallest absolute Gasteiger partial charge is 0.230 e. The fourth-order valence-corrected chi connectivity index (χ4v) is 5.15. The molecule has 35 heavy (non-hydrogen) atoms. The minimum atomic E-state index is -0.194. The summed E-state index contributed by atoms with van der Waals surface area (Å²) in [7, 11) is 3.34. The number of anilines is 1. The highest BCUT2D eigenvalue weighted by molar-refractivity contribution is 5.96. The molecule has 0 bridgehead atoms. The fraction of sp³-hybridized carbons (Fsp3) is 0.433. The number of aryl methyl sites for hydroxylation is 1. The van der Waals surface area contributed by atoms with Gasteiger partial charge in [-0.1, -0.05) is 43.3 Å². The zero-order valence-electron chi connectivity index (χ0n) is 21.3. The average molecular weight is 476 g/mol. The first-order valence-corrected chi connectivity index (χ1v) is 12.6. The van der Waals surface area contributed by atoms with Crippen molar-refractivity contribution in [1.29, 1.82) is 0 Å². The largest absolute Gasteiger partial charge is 0.457 e. The molecule has 0 heterocycles. The van der Waals surface area contributed by atoms with Crippen LogP contribution < -0.4 is 9.64 Å². The molecular weight excluding hydrogens is 438 g/mol. The van der Waals surface area contributed by atoms with Crippen LogP contribution in [0.25, 0.3) is 10.8 Å². The molecule has 0 spiro atoms. The number of methoxy groups -OCH3 is 2.